The molecule has 4 nitrogen and oxygen atoms in total. The van der Waals surface area contributed by atoms with E-state index in [1.54, 1.807) is 12.4 Å². The lowest BCUT2D eigenvalue weighted by molar-refractivity contribution is 0.189. The van der Waals surface area contributed by atoms with Gasteiger partial charge in [0.05, 0.1) is 6.04 Å². The normalized spacial score (nSPS) is 18.3. The third-order valence-electron chi connectivity index (χ3n) is 4.37. The Morgan fingerprint density at radius 1 is 1.17 bits per heavy atom. The minimum absolute atomic E-state index is 0.0235. The minimum atomic E-state index is -0.0235. The number of benzene rings is 1. The molecule has 23 heavy (non-hydrogen) atoms. The molecule has 4 heteroatoms. The van der Waals surface area contributed by atoms with Gasteiger partial charge in [0.15, 0.2) is 0 Å². The number of nitrogens with zero attached hydrogens (tertiary/aromatic N) is 2. The lowest BCUT2D eigenvalue weighted by Crippen LogP contribution is -2.38. The molecule has 1 aliphatic heterocycles. The summed E-state index contributed by atoms with van der Waals surface area (Å²) in [5.74, 6) is 0. The zero-order valence-electron chi connectivity index (χ0n) is 13.5. The van der Waals surface area contributed by atoms with Crippen molar-refractivity contribution in [2.24, 2.45) is 0 Å². The Morgan fingerprint density at radius 3 is 2.78 bits per heavy atom. The number of amides is 2. The second-order valence-corrected chi connectivity index (χ2v) is 6.14. The van der Waals surface area contributed by atoms with E-state index in [0.29, 0.717) is 0 Å². The number of carbonyl (C=O) groups is 1. The van der Waals surface area contributed by atoms with Crippen LogP contribution in [0.3, 0.4) is 0 Å². The van der Waals surface area contributed by atoms with E-state index in [-0.39, 0.29) is 12.1 Å². The number of carbonyl (C=O) groups excluding carboxylic acids is 1. The van der Waals surface area contributed by atoms with E-state index >= 15 is 0 Å². The Morgan fingerprint density at radius 2 is 2.00 bits per heavy atom. The monoisotopic (exact) mass is 309 g/mol. The van der Waals surface area contributed by atoms with E-state index < -0.39 is 0 Å². The van der Waals surface area contributed by atoms with Crippen LogP contribution in [0, 0.1) is 6.92 Å². The molecule has 2 amide bonds. The van der Waals surface area contributed by atoms with Crippen molar-refractivity contribution in [3.63, 3.8) is 0 Å². The molecule has 0 spiro atoms. The second kappa shape index (κ2) is 7.27. The topological polar surface area (TPSA) is 45.2 Å². The van der Waals surface area contributed by atoms with Crippen molar-refractivity contribution in [2.45, 2.75) is 38.6 Å². The predicted octanol–water partition coefficient (Wildman–Crippen LogP) is 4.54. The maximum atomic E-state index is 12.8. The molecule has 1 saturated heterocycles. The molecule has 0 bridgehead atoms. The van der Waals surface area contributed by atoms with Gasteiger partial charge < -0.3 is 10.2 Å². The maximum absolute atomic E-state index is 12.8. The largest absolute Gasteiger partial charge is 0.322 e. The van der Waals surface area contributed by atoms with Crippen LogP contribution in [0.1, 0.15) is 42.9 Å². The highest BCUT2D eigenvalue weighted by atomic mass is 16.2. The number of likely N-dealkylation sites (tertiary alicyclic amines) is 1. The van der Waals surface area contributed by atoms with Crippen molar-refractivity contribution >= 4 is 11.7 Å². The lowest BCUT2D eigenvalue weighted by atomic mass is 9.99. The first kappa shape index (κ1) is 15.5. The lowest BCUT2D eigenvalue weighted by Gasteiger charge is -2.30. The van der Waals surface area contributed by atoms with E-state index in [1.807, 2.05) is 17.0 Å². The van der Waals surface area contributed by atoms with Gasteiger partial charge >= 0.3 is 6.03 Å². The van der Waals surface area contributed by atoms with Crippen LogP contribution in [-0.2, 0) is 0 Å². The Balaban J connectivity index is 1.82. The van der Waals surface area contributed by atoms with Crippen LogP contribution in [0.4, 0.5) is 10.5 Å². The van der Waals surface area contributed by atoms with Gasteiger partial charge in [-0.1, -0.05) is 42.7 Å². The van der Waals surface area contributed by atoms with Crippen LogP contribution in [0.2, 0.25) is 0 Å². The summed E-state index contributed by atoms with van der Waals surface area (Å²) in [4.78, 5) is 18.8. The average Bonchev–Trinajstić information content (AvgIpc) is 2.82. The van der Waals surface area contributed by atoms with E-state index in [9.17, 15) is 4.79 Å². The number of rotatable bonds is 2. The van der Waals surface area contributed by atoms with Gasteiger partial charge in [0, 0.05) is 24.6 Å². The van der Waals surface area contributed by atoms with Crippen molar-refractivity contribution < 1.29 is 4.79 Å². The number of aryl methyl sites for hydroxylation is 1. The zero-order chi connectivity index (χ0) is 16.1. The molecule has 1 atom stereocenters. The van der Waals surface area contributed by atoms with Crippen LogP contribution in [-0.4, -0.2) is 22.5 Å². The van der Waals surface area contributed by atoms with Gasteiger partial charge in [0.25, 0.3) is 0 Å². The molecule has 1 aromatic carbocycles. The van der Waals surface area contributed by atoms with Crippen molar-refractivity contribution in [2.75, 3.05) is 11.9 Å². The smallest absolute Gasteiger partial charge is 0.317 e. The molecule has 1 fully saturated rings. The van der Waals surface area contributed by atoms with Crippen molar-refractivity contribution in [3.05, 3.63) is 59.9 Å². The van der Waals surface area contributed by atoms with Crippen molar-refractivity contribution in [1.82, 2.24) is 9.88 Å². The van der Waals surface area contributed by atoms with Gasteiger partial charge in [-0.25, -0.2) is 4.79 Å². The number of hydrogen-bond donors (Lipinski definition) is 1. The van der Waals surface area contributed by atoms with Crippen LogP contribution in [0.5, 0.6) is 0 Å². The van der Waals surface area contributed by atoms with Crippen LogP contribution in [0.25, 0.3) is 0 Å². The summed E-state index contributed by atoms with van der Waals surface area (Å²) in [6.07, 6.45) is 7.81. The van der Waals surface area contributed by atoms with Crippen LogP contribution >= 0.6 is 0 Å². The third-order valence-corrected chi connectivity index (χ3v) is 4.37. The SMILES string of the molecule is Cc1cccc(C2CCCCCN2C(=O)Nc2ccncc2)c1. The zero-order valence-corrected chi connectivity index (χ0v) is 13.5. The number of urea groups is 1. The fourth-order valence-corrected chi connectivity index (χ4v) is 3.21. The number of anilines is 1. The molecule has 1 aromatic heterocycles. The van der Waals surface area contributed by atoms with E-state index in [2.05, 4.69) is 41.5 Å². The minimum Gasteiger partial charge on any atom is -0.317 e. The molecular formula is C19H23N3O. The molecule has 1 unspecified atom stereocenters. The van der Waals surface area contributed by atoms with Gasteiger partial charge in [-0.05, 0) is 37.5 Å². The fourth-order valence-electron chi connectivity index (χ4n) is 3.21. The number of nitrogens with one attached hydrogen (secondary N) is 1. The summed E-state index contributed by atoms with van der Waals surface area (Å²) in [6.45, 7) is 2.90. The summed E-state index contributed by atoms with van der Waals surface area (Å²) in [7, 11) is 0. The number of hydrogen-bond acceptors (Lipinski definition) is 2. The molecule has 3 rings (SSSR count). The van der Waals surface area contributed by atoms with Gasteiger partial charge in [0.2, 0.25) is 0 Å². The molecular weight excluding hydrogens is 286 g/mol. The summed E-state index contributed by atoms with van der Waals surface area (Å²) in [5, 5.41) is 3.00. The van der Waals surface area contributed by atoms with E-state index in [4.69, 9.17) is 0 Å². The first-order valence-electron chi connectivity index (χ1n) is 8.28. The molecule has 120 valence electrons. The highest BCUT2D eigenvalue weighted by Gasteiger charge is 2.26. The average molecular weight is 309 g/mol. The van der Waals surface area contributed by atoms with Gasteiger partial charge in [0.1, 0.15) is 0 Å². The standard InChI is InChI=1S/C19H23N3O/c1-15-6-5-7-16(14-15)18-8-3-2-4-13-22(18)19(23)21-17-9-11-20-12-10-17/h5-7,9-12,14,18H,2-4,8,13H2,1H3,(H,20,21,23). The Hall–Kier alpha value is -2.36. The number of pyridine rings is 1. The van der Waals surface area contributed by atoms with Gasteiger partial charge in [-0.3, -0.25) is 4.98 Å². The molecule has 0 saturated carbocycles. The molecule has 1 aliphatic rings. The maximum Gasteiger partial charge on any atom is 0.322 e. The van der Waals surface area contributed by atoms with Gasteiger partial charge in [-0.15, -0.1) is 0 Å². The fraction of sp³-hybridized carbons (Fsp3) is 0.368. The molecule has 2 heterocycles. The van der Waals surface area contributed by atoms with E-state index in [1.165, 1.54) is 17.5 Å². The second-order valence-electron chi connectivity index (χ2n) is 6.14. The van der Waals surface area contributed by atoms with E-state index in [0.717, 1.165) is 31.5 Å². The van der Waals surface area contributed by atoms with Crippen LogP contribution < -0.4 is 5.32 Å². The summed E-state index contributed by atoms with van der Waals surface area (Å²) >= 11 is 0. The highest BCUT2D eigenvalue weighted by molar-refractivity contribution is 5.89. The Bertz CT molecular complexity index is 657. The first-order chi connectivity index (χ1) is 11.2. The highest BCUT2D eigenvalue weighted by Crippen LogP contribution is 2.31. The first-order valence-corrected chi connectivity index (χ1v) is 8.28. The molecule has 0 radical (unpaired) electrons. The van der Waals surface area contributed by atoms with Crippen molar-refractivity contribution in [3.8, 4) is 0 Å². The molecule has 2 aromatic rings. The van der Waals surface area contributed by atoms with Crippen LogP contribution in [0.15, 0.2) is 48.8 Å². The quantitative estimate of drug-likeness (QED) is 0.885. The Kier molecular flexibility index (Phi) is 4.91. The Labute approximate surface area is 137 Å². The summed E-state index contributed by atoms with van der Waals surface area (Å²) in [6, 6.07) is 12.3. The predicted molar refractivity (Wildman–Crippen MR) is 92.3 cm³/mol. The number of aromatic nitrogens is 1. The molecule has 0 aliphatic carbocycles. The summed E-state index contributed by atoms with van der Waals surface area (Å²) < 4.78 is 0. The van der Waals surface area contributed by atoms with Crippen molar-refractivity contribution in [1.29, 1.82) is 0 Å². The molecule has 1 N–H and O–H groups in total. The van der Waals surface area contributed by atoms with Gasteiger partial charge in [-0.2, -0.15) is 0 Å². The summed E-state index contributed by atoms with van der Waals surface area (Å²) in [5.41, 5.74) is 3.26. The third kappa shape index (κ3) is 3.89.